The van der Waals surface area contributed by atoms with Crippen LogP contribution >= 0.6 is 0 Å². The first-order valence-corrected chi connectivity index (χ1v) is 5.16. The summed E-state index contributed by atoms with van der Waals surface area (Å²) in [6.07, 6.45) is 4.44. The zero-order valence-corrected chi connectivity index (χ0v) is 9.94. The highest BCUT2D eigenvalue weighted by Gasteiger charge is 2.22. The Hall–Kier alpha value is -1.72. The quantitative estimate of drug-likeness (QED) is 0.302. The second kappa shape index (κ2) is 4.87. The first kappa shape index (κ1) is 12.4. The van der Waals surface area contributed by atoms with E-state index in [1.807, 2.05) is 27.1 Å². The molecule has 90 valence electrons. The van der Waals surface area contributed by atoms with Gasteiger partial charge in [0.1, 0.15) is 5.84 Å². The Labute approximate surface area is 95.1 Å². The topological polar surface area (TPSA) is 88.5 Å². The van der Waals surface area contributed by atoms with Crippen molar-refractivity contribution in [2.45, 2.75) is 20.3 Å². The second-order valence-corrected chi connectivity index (χ2v) is 4.45. The summed E-state index contributed by atoms with van der Waals surface area (Å²) in [6, 6.07) is 0. The molecule has 0 amide bonds. The van der Waals surface area contributed by atoms with Crippen molar-refractivity contribution in [1.82, 2.24) is 9.78 Å². The molecule has 0 atom stereocenters. The average molecular weight is 225 g/mol. The van der Waals surface area contributed by atoms with E-state index in [-0.39, 0.29) is 11.3 Å². The molecule has 1 aromatic rings. The van der Waals surface area contributed by atoms with Crippen LogP contribution in [-0.4, -0.2) is 27.4 Å². The third-order valence-electron chi connectivity index (χ3n) is 2.59. The van der Waals surface area contributed by atoms with E-state index in [2.05, 4.69) is 15.6 Å². The van der Waals surface area contributed by atoms with Gasteiger partial charge in [0, 0.05) is 25.2 Å². The van der Waals surface area contributed by atoms with Crippen LogP contribution in [0, 0.1) is 5.41 Å². The van der Waals surface area contributed by atoms with E-state index in [9.17, 15) is 0 Å². The maximum atomic E-state index is 8.62. The van der Waals surface area contributed by atoms with Gasteiger partial charge >= 0.3 is 0 Å². The molecule has 0 spiro atoms. The zero-order chi connectivity index (χ0) is 12.2. The largest absolute Gasteiger partial charge is 0.409 e. The third kappa shape index (κ3) is 3.15. The number of oxime groups is 1. The van der Waals surface area contributed by atoms with Crippen LogP contribution in [0.3, 0.4) is 0 Å². The number of amidine groups is 1. The summed E-state index contributed by atoms with van der Waals surface area (Å²) in [6.45, 7) is 4.62. The molecule has 1 aromatic heterocycles. The van der Waals surface area contributed by atoms with Crippen molar-refractivity contribution in [2.75, 3.05) is 11.9 Å². The molecule has 0 aliphatic heterocycles. The van der Waals surface area contributed by atoms with E-state index in [0.717, 1.165) is 18.7 Å². The maximum Gasteiger partial charge on any atom is 0.144 e. The van der Waals surface area contributed by atoms with Crippen LogP contribution in [0.1, 0.15) is 20.3 Å². The van der Waals surface area contributed by atoms with Gasteiger partial charge in [0.15, 0.2) is 0 Å². The molecule has 0 bridgehead atoms. The van der Waals surface area contributed by atoms with E-state index in [1.165, 1.54) is 0 Å². The lowest BCUT2D eigenvalue weighted by Gasteiger charge is -2.22. The van der Waals surface area contributed by atoms with Gasteiger partial charge in [-0.15, -0.1) is 0 Å². The molecule has 1 heterocycles. The fraction of sp³-hybridized carbons (Fsp3) is 0.600. The SMILES string of the molecule is Cn1cc(NCCC(C)(C)C(N)=NO)cn1. The first-order valence-electron chi connectivity index (χ1n) is 5.16. The van der Waals surface area contributed by atoms with E-state index >= 15 is 0 Å². The summed E-state index contributed by atoms with van der Waals surface area (Å²) in [5.41, 5.74) is 6.24. The number of nitrogens with one attached hydrogen (secondary N) is 1. The zero-order valence-electron chi connectivity index (χ0n) is 9.94. The van der Waals surface area contributed by atoms with Crippen LogP contribution in [0.2, 0.25) is 0 Å². The monoisotopic (exact) mass is 225 g/mol. The molecule has 0 aliphatic carbocycles. The number of hydrogen-bond donors (Lipinski definition) is 3. The lowest BCUT2D eigenvalue weighted by molar-refractivity contribution is 0.306. The van der Waals surface area contributed by atoms with Gasteiger partial charge in [-0.25, -0.2) is 0 Å². The summed E-state index contributed by atoms with van der Waals surface area (Å²) in [4.78, 5) is 0. The number of aromatic nitrogens is 2. The van der Waals surface area contributed by atoms with Gasteiger partial charge in [0.25, 0.3) is 0 Å². The minimum absolute atomic E-state index is 0.250. The van der Waals surface area contributed by atoms with Crippen LogP contribution in [0.5, 0.6) is 0 Å². The number of anilines is 1. The summed E-state index contributed by atoms with van der Waals surface area (Å²) in [7, 11) is 1.87. The minimum atomic E-state index is -0.316. The Bertz CT molecular complexity index is 369. The predicted molar refractivity (Wildman–Crippen MR) is 63.5 cm³/mol. The summed E-state index contributed by atoms with van der Waals surface area (Å²) < 4.78 is 1.73. The van der Waals surface area contributed by atoms with Gasteiger partial charge in [0.05, 0.1) is 11.9 Å². The van der Waals surface area contributed by atoms with Crippen molar-refractivity contribution in [2.24, 2.45) is 23.4 Å². The molecule has 0 unspecified atom stereocenters. The van der Waals surface area contributed by atoms with Crippen LogP contribution < -0.4 is 11.1 Å². The number of nitrogens with zero attached hydrogens (tertiary/aromatic N) is 3. The molecule has 0 saturated carbocycles. The van der Waals surface area contributed by atoms with Crippen molar-refractivity contribution in [3.63, 3.8) is 0 Å². The summed E-state index contributed by atoms with van der Waals surface area (Å²) >= 11 is 0. The fourth-order valence-corrected chi connectivity index (χ4v) is 1.30. The number of nitrogens with two attached hydrogens (primary N) is 1. The fourth-order valence-electron chi connectivity index (χ4n) is 1.30. The molecule has 6 heteroatoms. The van der Waals surface area contributed by atoms with Gasteiger partial charge in [-0.05, 0) is 6.42 Å². The normalized spacial score (nSPS) is 12.8. The van der Waals surface area contributed by atoms with Gasteiger partial charge in [-0.2, -0.15) is 5.10 Å². The highest BCUT2D eigenvalue weighted by atomic mass is 16.4. The molecule has 0 fully saturated rings. The highest BCUT2D eigenvalue weighted by molar-refractivity contribution is 5.85. The van der Waals surface area contributed by atoms with Crippen molar-refractivity contribution < 1.29 is 5.21 Å². The standard InChI is InChI=1S/C10H19N5O/c1-10(2,9(11)14-16)4-5-12-8-6-13-15(3)7-8/h6-7,12,16H,4-5H2,1-3H3,(H2,11,14). The van der Waals surface area contributed by atoms with Crippen LogP contribution in [0.25, 0.3) is 0 Å². The Kier molecular flexibility index (Phi) is 3.76. The number of hydrogen-bond acceptors (Lipinski definition) is 4. The molecular weight excluding hydrogens is 206 g/mol. The van der Waals surface area contributed by atoms with E-state index in [4.69, 9.17) is 10.9 Å². The maximum absolute atomic E-state index is 8.62. The van der Waals surface area contributed by atoms with Crippen molar-refractivity contribution >= 4 is 11.5 Å². The average Bonchev–Trinajstić information content (AvgIpc) is 2.62. The Morgan fingerprint density at radius 1 is 1.69 bits per heavy atom. The van der Waals surface area contributed by atoms with Gasteiger partial charge in [-0.3, -0.25) is 4.68 Å². The van der Waals surface area contributed by atoms with Crippen LogP contribution in [0.15, 0.2) is 17.5 Å². The first-order chi connectivity index (χ1) is 7.45. The van der Waals surface area contributed by atoms with Gasteiger partial charge < -0.3 is 16.3 Å². The second-order valence-electron chi connectivity index (χ2n) is 4.45. The van der Waals surface area contributed by atoms with E-state index < -0.39 is 0 Å². The van der Waals surface area contributed by atoms with Crippen LogP contribution in [-0.2, 0) is 7.05 Å². The Balaban J connectivity index is 2.41. The molecule has 0 saturated heterocycles. The minimum Gasteiger partial charge on any atom is -0.409 e. The van der Waals surface area contributed by atoms with Gasteiger partial charge in [0.2, 0.25) is 0 Å². The molecular formula is C10H19N5O. The Morgan fingerprint density at radius 3 is 2.88 bits per heavy atom. The number of rotatable bonds is 5. The van der Waals surface area contributed by atoms with Crippen molar-refractivity contribution in [3.8, 4) is 0 Å². The predicted octanol–water partition coefficient (Wildman–Crippen LogP) is 0.995. The van der Waals surface area contributed by atoms with Crippen molar-refractivity contribution in [3.05, 3.63) is 12.4 Å². The third-order valence-corrected chi connectivity index (χ3v) is 2.59. The van der Waals surface area contributed by atoms with Crippen LogP contribution in [0.4, 0.5) is 5.69 Å². The molecule has 0 aliphatic rings. The molecule has 6 nitrogen and oxygen atoms in total. The lowest BCUT2D eigenvalue weighted by Crippen LogP contribution is -2.33. The summed E-state index contributed by atoms with van der Waals surface area (Å²) in [5, 5.41) is 18.9. The van der Waals surface area contributed by atoms with E-state index in [1.54, 1.807) is 10.9 Å². The molecule has 0 aromatic carbocycles. The molecule has 0 radical (unpaired) electrons. The Morgan fingerprint density at radius 2 is 2.38 bits per heavy atom. The lowest BCUT2D eigenvalue weighted by atomic mass is 9.88. The molecule has 16 heavy (non-hydrogen) atoms. The smallest absolute Gasteiger partial charge is 0.144 e. The molecule has 4 N–H and O–H groups in total. The van der Waals surface area contributed by atoms with E-state index in [0.29, 0.717) is 0 Å². The van der Waals surface area contributed by atoms with Gasteiger partial charge in [-0.1, -0.05) is 19.0 Å². The number of aryl methyl sites for hydroxylation is 1. The highest BCUT2D eigenvalue weighted by Crippen LogP contribution is 2.20. The molecule has 1 rings (SSSR count). The van der Waals surface area contributed by atoms with Crippen molar-refractivity contribution in [1.29, 1.82) is 0 Å². The summed E-state index contributed by atoms with van der Waals surface area (Å²) in [5.74, 6) is 0.250.